The van der Waals surface area contributed by atoms with Gasteiger partial charge in [0.15, 0.2) is 0 Å². The van der Waals surface area contributed by atoms with Gasteiger partial charge in [0.05, 0.1) is 5.69 Å². The van der Waals surface area contributed by atoms with Crippen LogP contribution in [0.15, 0.2) is 35.1 Å². The van der Waals surface area contributed by atoms with Crippen LogP contribution in [0.3, 0.4) is 0 Å². The molecule has 0 fully saturated rings. The van der Waals surface area contributed by atoms with Gasteiger partial charge in [0.2, 0.25) is 0 Å². The normalized spacial score (nSPS) is 10.1. The summed E-state index contributed by atoms with van der Waals surface area (Å²) in [5.74, 6) is -0.410. The van der Waals surface area contributed by atoms with E-state index in [-0.39, 0.29) is 5.56 Å². The van der Waals surface area contributed by atoms with E-state index in [0.29, 0.717) is 11.3 Å². The van der Waals surface area contributed by atoms with Crippen LogP contribution in [0.2, 0.25) is 0 Å². The molecule has 14 heavy (non-hydrogen) atoms. The number of benzene rings is 1. The van der Waals surface area contributed by atoms with Crippen molar-refractivity contribution in [2.24, 2.45) is 0 Å². The Morgan fingerprint density at radius 1 is 1.36 bits per heavy atom. The standard InChI is InChI=1S/C10H6FN2O/c11-8-4-2-1-3-7(8)9-5-6-10(14)13-12-9/h1,3-6H,(H,13,14). The lowest BCUT2D eigenvalue weighted by atomic mass is 10.1. The van der Waals surface area contributed by atoms with Crippen molar-refractivity contribution < 1.29 is 4.39 Å². The Morgan fingerprint density at radius 2 is 2.21 bits per heavy atom. The highest BCUT2D eigenvalue weighted by atomic mass is 19.1. The van der Waals surface area contributed by atoms with Gasteiger partial charge in [-0.15, -0.1) is 0 Å². The molecule has 1 aromatic carbocycles. The fraction of sp³-hybridized carbons (Fsp3) is 0. The Balaban J connectivity index is 2.55. The number of aromatic nitrogens is 2. The lowest BCUT2D eigenvalue weighted by Gasteiger charge is -1.99. The predicted molar refractivity (Wildman–Crippen MR) is 49.1 cm³/mol. The third kappa shape index (κ3) is 1.54. The molecule has 1 radical (unpaired) electrons. The third-order valence-corrected chi connectivity index (χ3v) is 1.77. The second-order valence-electron chi connectivity index (χ2n) is 2.71. The van der Waals surface area contributed by atoms with Crippen LogP contribution >= 0.6 is 0 Å². The molecule has 3 nitrogen and oxygen atoms in total. The van der Waals surface area contributed by atoms with Gasteiger partial charge >= 0.3 is 0 Å². The number of rotatable bonds is 1. The molecule has 4 heteroatoms. The van der Waals surface area contributed by atoms with Crippen molar-refractivity contribution in [3.63, 3.8) is 0 Å². The molecular formula is C10H6FN2O. The zero-order valence-electron chi connectivity index (χ0n) is 7.12. The first-order valence-corrected chi connectivity index (χ1v) is 3.99. The van der Waals surface area contributed by atoms with E-state index in [1.807, 2.05) is 0 Å². The Labute approximate surface area is 79.2 Å². The third-order valence-electron chi connectivity index (χ3n) is 1.77. The van der Waals surface area contributed by atoms with Crippen LogP contribution in [0.1, 0.15) is 0 Å². The van der Waals surface area contributed by atoms with Gasteiger partial charge in [-0.3, -0.25) is 4.79 Å². The highest BCUT2D eigenvalue weighted by molar-refractivity contribution is 5.58. The highest BCUT2D eigenvalue weighted by Crippen LogP contribution is 2.17. The molecule has 0 saturated carbocycles. The topological polar surface area (TPSA) is 45.8 Å². The monoisotopic (exact) mass is 189 g/mol. The second-order valence-corrected chi connectivity index (χ2v) is 2.71. The van der Waals surface area contributed by atoms with Crippen LogP contribution in [0.5, 0.6) is 0 Å². The number of nitrogens with zero attached hydrogens (tertiary/aromatic N) is 1. The summed E-state index contributed by atoms with van der Waals surface area (Å²) in [7, 11) is 0. The summed E-state index contributed by atoms with van der Waals surface area (Å²) in [6.07, 6.45) is 0. The van der Waals surface area contributed by atoms with E-state index in [1.165, 1.54) is 18.2 Å². The van der Waals surface area contributed by atoms with E-state index in [9.17, 15) is 9.18 Å². The fourth-order valence-electron chi connectivity index (χ4n) is 1.11. The van der Waals surface area contributed by atoms with Gasteiger partial charge in [-0.1, -0.05) is 6.07 Å². The summed E-state index contributed by atoms with van der Waals surface area (Å²) >= 11 is 0. The molecule has 69 valence electrons. The summed E-state index contributed by atoms with van der Waals surface area (Å²) in [6, 6.07) is 9.75. The number of aromatic amines is 1. The Hall–Kier alpha value is -1.97. The minimum atomic E-state index is -0.410. The number of hydrogen-bond acceptors (Lipinski definition) is 2. The van der Waals surface area contributed by atoms with Crippen LogP contribution < -0.4 is 5.56 Å². The molecule has 2 aromatic rings. The molecule has 0 aliphatic heterocycles. The molecule has 0 unspecified atom stereocenters. The van der Waals surface area contributed by atoms with E-state index < -0.39 is 5.82 Å². The van der Waals surface area contributed by atoms with Gasteiger partial charge in [0.25, 0.3) is 5.56 Å². The molecule has 0 saturated heterocycles. The molecule has 1 N–H and O–H groups in total. The van der Waals surface area contributed by atoms with E-state index in [0.717, 1.165) is 0 Å². The summed E-state index contributed by atoms with van der Waals surface area (Å²) in [4.78, 5) is 10.7. The first kappa shape index (κ1) is 8.62. The SMILES string of the molecule is O=c1ccc(-c2cc[c]cc2F)n[nH]1. The van der Waals surface area contributed by atoms with E-state index >= 15 is 0 Å². The van der Waals surface area contributed by atoms with E-state index in [4.69, 9.17) is 0 Å². The minimum Gasteiger partial charge on any atom is -0.268 e. The summed E-state index contributed by atoms with van der Waals surface area (Å²) < 4.78 is 13.2. The summed E-state index contributed by atoms with van der Waals surface area (Å²) in [5.41, 5.74) is 0.438. The number of hydrogen-bond donors (Lipinski definition) is 1. The second kappa shape index (κ2) is 3.41. The smallest absolute Gasteiger partial charge is 0.264 e. The zero-order chi connectivity index (χ0) is 9.97. The van der Waals surface area contributed by atoms with Crippen molar-refractivity contribution in [1.29, 1.82) is 0 Å². The molecular weight excluding hydrogens is 183 g/mol. The average Bonchev–Trinajstić information content (AvgIpc) is 2.20. The highest BCUT2D eigenvalue weighted by Gasteiger charge is 2.04. The predicted octanol–water partition coefficient (Wildman–Crippen LogP) is 1.38. The molecule has 0 amide bonds. The minimum absolute atomic E-state index is 0.309. The van der Waals surface area contributed by atoms with Gasteiger partial charge in [0.1, 0.15) is 5.82 Å². The molecule has 1 aromatic heterocycles. The summed E-state index contributed by atoms with van der Waals surface area (Å²) in [6.45, 7) is 0. The summed E-state index contributed by atoms with van der Waals surface area (Å²) in [5, 5.41) is 5.96. The Bertz CT molecular complexity index is 487. The largest absolute Gasteiger partial charge is 0.268 e. The lowest BCUT2D eigenvalue weighted by Crippen LogP contribution is -2.05. The van der Waals surface area contributed by atoms with Crippen molar-refractivity contribution >= 4 is 0 Å². The van der Waals surface area contributed by atoms with Crippen LogP contribution in [0.25, 0.3) is 11.3 Å². The molecule has 2 rings (SSSR count). The lowest BCUT2D eigenvalue weighted by molar-refractivity contribution is 0.630. The molecule has 1 heterocycles. The molecule has 0 spiro atoms. The molecule has 0 aliphatic rings. The maximum atomic E-state index is 13.2. The zero-order valence-corrected chi connectivity index (χ0v) is 7.12. The van der Waals surface area contributed by atoms with Gasteiger partial charge in [-0.25, -0.2) is 9.49 Å². The van der Waals surface area contributed by atoms with Crippen LogP contribution in [-0.2, 0) is 0 Å². The maximum Gasteiger partial charge on any atom is 0.264 e. The first-order chi connectivity index (χ1) is 6.77. The van der Waals surface area contributed by atoms with E-state index in [1.54, 1.807) is 12.1 Å². The van der Waals surface area contributed by atoms with Crippen molar-refractivity contribution in [3.8, 4) is 11.3 Å². The quantitative estimate of drug-likeness (QED) is 0.736. The number of H-pyrrole nitrogens is 1. The number of nitrogens with one attached hydrogen (secondary N) is 1. The van der Waals surface area contributed by atoms with Crippen LogP contribution in [0.4, 0.5) is 4.39 Å². The van der Waals surface area contributed by atoms with Crippen molar-refractivity contribution in [2.45, 2.75) is 0 Å². The maximum absolute atomic E-state index is 13.2. The van der Waals surface area contributed by atoms with Crippen molar-refractivity contribution in [3.05, 3.63) is 52.6 Å². The Kier molecular flexibility index (Phi) is 2.10. The fourth-order valence-corrected chi connectivity index (χ4v) is 1.11. The molecule has 0 atom stereocenters. The van der Waals surface area contributed by atoms with Crippen molar-refractivity contribution in [1.82, 2.24) is 10.2 Å². The van der Waals surface area contributed by atoms with Gasteiger partial charge in [-0.05, 0) is 24.3 Å². The molecule has 0 bridgehead atoms. The van der Waals surface area contributed by atoms with Gasteiger partial charge in [-0.2, -0.15) is 5.10 Å². The number of halogens is 1. The van der Waals surface area contributed by atoms with Gasteiger partial charge < -0.3 is 0 Å². The molecule has 0 aliphatic carbocycles. The Morgan fingerprint density at radius 3 is 2.86 bits per heavy atom. The average molecular weight is 189 g/mol. The van der Waals surface area contributed by atoms with E-state index in [2.05, 4.69) is 16.3 Å². The van der Waals surface area contributed by atoms with Crippen LogP contribution in [-0.4, -0.2) is 10.2 Å². The van der Waals surface area contributed by atoms with Crippen LogP contribution in [0, 0.1) is 11.9 Å². The van der Waals surface area contributed by atoms with Gasteiger partial charge in [0, 0.05) is 11.6 Å². The first-order valence-electron chi connectivity index (χ1n) is 3.99. The van der Waals surface area contributed by atoms with Crippen molar-refractivity contribution in [2.75, 3.05) is 0 Å².